The lowest BCUT2D eigenvalue weighted by atomic mass is 10.2. The van der Waals surface area contributed by atoms with E-state index in [1.54, 1.807) is 10.7 Å². The Morgan fingerprint density at radius 1 is 1.24 bits per heavy atom. The van der Waals surface area contributed by atoms with Gasteiger partial charge in [-0.05, 0) is 43.3 Å². The highest BCUT2D eigenvalue weighted by molar-refractivity contribution is 6.08. The Bertz CT molecular complexity index is 763. The molecular formula is C16H15N3O2. The summed E-state index contributed by atoms with van der Waals surface area (Å²) >= 11 is 0. The second kappa shape index (κ2) is 5.66. The summed E-state index contributed by atoms with van der Waals surface area (Å²) in [6.07, 6.45) is 3.38. The van der Waals surface area contributed by atoms with Gasteiger partial charge in [0.2, 0.25) is 0 Å². The number of ether oxygens (including phenoxy) is 1. The van der Waals surface area contributed by atoms with E-state index in [1.165, 1.54) is 0 Å². The third-order valence-corrected chi connectivity index (χ3v) is 3.09. The minimum atomic E-state index is -0.180. The van der Waals surface area contributed by atoms with Crippen molar-refractivity contribution in [1.82, 2.24) is 9.61 Å². The molecule has 5 heteroatoms. The van der Waals surface area contributed by atoms with E-state index in [4.69, 9.17) is 4.74 Å². The molecule has 0 atom stereocenters. The standard InChI is InChI=1S/C16H15N3O2/c1-2-21-13-8-6-12(7-9-13)18-16(20)14-11-17-19-10-4-3-5-15(14)19/h3-11H,2H2,1H3,(H,18,20). The molecule has 0 spiro atoms. The number of pyridine rings is 1. The van der Waals surface area contributed by atoms with E-state index in [-0.39, 0.29) is 5.91 Å². The molecule has 1 N–H and O–H groups in total. The molecule has 0 saturated carbocycles. The maximum Gasteiger partial charge on any atom is 0.259 e. The minimum absolute atomic E-state index is 0.180. The number of hydrogen-bond acceptors (Lipinski definition) is 3. The molecule has 5 nitrogen and oxygen atoms in total. The largest absolute Gasteiger partial charge is 0.494 e. The summed E-state index contributed by atoms with van der Waals surface area (Å²) < 4.78 is 7.04. The molecule has 0 aliphatic rings. The molecule has 3 aromatic rings. The Hall–Kier alpha value is -2.82. The highest BCUT2D eigenvalue weighted by atomic mass is 16.5. The number of rotatable bonds is 4. The summed E-state index contributed by atoms with van der Waals surface area (Å²) in [6, 6.07) is 12.9. The Balaban J connectivity index is 1.79. The number of benzene rings is 1. The second-order valence-corrected chi connectivity index (χ2v) is 4.50. The lowest BCUT2D eigenvalue weighted by molar-refractivity contribution is 0.102. The second-order valence-electron chi connectivity index (χ2n) is 4.50. The van der Waals surface area contributed by atoms with Gasteiger partial charge in [0.1, 0.15) is 5.75 Å². The van der Waals surface area contributed by atoms with Crippen LogP contribution in [0.2, 0.25) is 0 Å². The maximum absolute atomic E-state index is 12.3. The number of nitrogens with one attached hydrogen (secondary N) is 1. The lowest BCUT2D eigenvalue weighted by Crippen LogP contribution is -2.11. The van der Waals surface area contributed by atoms with Gasteiger partial charge in [-0.2, -0.15) is 5.10 Å². The summed E-state index contributed by atoms with van der Waals surface area (Å²) in [5, 5.41) is 7.01. The quantitative estimate of drug-likeness (QED) is 0.800. The summed E-state index contributed by atoms with van der Waals surface area (Å²) in [5.74, 6) is 0.604. The maximum atomic E-state index is 12.3. The van der Waals surface area contributed by atoms with Crippen molar-refractivity contribution in [3.05, 3.63) is 60.4 Å². The van der Waals surface area contributed by atoms with Gasteiger partial charge >= 0.3 is 0 Å². The summed E-state index contributed by atoms with van der Waals surface area (Å²) in [6.45, 7) is 2.55. The average molecular weight is 281 g/mol. The molecule has 3 rings (SSSR count). The van der Waals surface area contributed by atoms with Crippen LogP contribution in [0.25, 0.3) is 5.52 Å². The number of carbonyl (C=O) groups excluding carboxylic acids is 1. The molecule has 0 saturated heterocycles. The SMILES string of the molecule is CCOc1ccc(NC(=O)c2cnn3ccccc23)cc1. The molecule has 0 fully saturated rings. The number of nitrogens with zero attached hydrogens (tertiary/aromatic N) is 2. The first kappa shape index (κ1) is 13.2. The van der Waals surface area contributed by atoms with Crippen LogP contribution in [-0.2, 0) is 0 Å². The topological polar surface area (TPSA) is 55.6 Å². The van der Waals surface area contributed by atoms with Crippen LogP contribution < -0.4 is 10.1 Å². The van der Waals surface area contributed by atoms with Gasteiger partial charge in [0.25, 0.3) is 5.91 Å². The first-order valence-corrected chi connectivity index (χ1v) is 6.74. The molecule has 0 aliphatic carbocycles. The zero-order chi connectivity index (χ0) is 14.7. The van der Waals surface area contributed by atoms with Crippen LogP contribution >= 0.6 is 0 Å². The summed E-state index contributed by atoms with van der Waals surface area (Å²) in [7, 11) is 0. The fraction of sp³-hybridized carbons (Fsp3) is 0.125. The fourth-order valence-electron chi connectivity index (χ4n) is 2.11. The predicted octanol–water partition coefficient (Wildman–Crippen LogP) is 2.99. The van der Waals surface area contributed by atoms with Crippen molar-refractivity contribution >= 4 is 17.1 Å². The van der Waals surface area contributed by atoms with Crippen molar-refractivity contribution < 1.29 is 9.53 Å². The van der Waals surface area contributed by atoms with E-state index in [2.05, 4.69) is 10.4 Å². The molecule has 2 heterocycles. The third-order valence-electron chi connectivity index (χ3n) is 3.09. The molecular weight excluding hydrogens is 266 g/mol. The molecule has 1 aromatic carbocycles. The van der Waals surface area contributed by atoms with Crippen LogP contribution in [0.15, 0.2) is 54.9 Å². The van der Waals surface area contributed by atoms with E-state index in [0.29, 0.717) is 12.2 Å². The van der Waals surface area contributed by atoms with Crippen LogP contribution in [0.5, 0.6) is 5.75 Å². The smallest absolute Gasteiger partial charge is 0.259 e. The number of hydrogen-bond donors (Lipinski definition) is 1. The summed E-state index contributed by atoms with van der Waals surface area (Å²) in [4.78, 5) is 12.3. The van der Waals surface area contributed by atoms with Crippen LogP contribution in [0.1, 0.15) is 17.3 Å². The number of fused-ring (bicyclic) bond motifs is 1. The Kier molecular flexibility index (Phi) is 3.55. The van der Waals surface area contributed by atoms with Gasteiger partial charge in [-0.3, -0.25) is 4.79 Å². The first-order valence-electron chi connectivity index (χ1n) is 6.74. The monoisotopic (exact) mass is 281 g/mol. The zero-order valence-corrected chi connectivity index (χ0v) is 11.6. The molecule has 106 valence electrons. The van der Waals surface area contributed by atoms with Gasteiger partial charge in [0.05, 0.1) is 23.9 Å². The van der Waals surface area contributed by atoms with Crippen molar-refractivity contribution in [3.63, 3.8) is 0 Å². The van der Waals surface area contributed by atoms with E-state index >= 15 is 0 Å². The minimum Gasteiger partial charge on any atom is -0.494 e. The van der Waals surface area contributed by atoms with Crippen molar-refractivity contribution in [1.29, 1.82) is 0 Å². The number of amides is 1. The van der Waals surface area contributed by atoms with Gasteiger partial charge in [-0.25, -0.2) is 4.52 Å². The van der Waals surface area contributed by atoms with E-state index < -0.39 is 0 Å². The fourth-order valence-corrected chi connectivity index (χ4v) is 2.11. The van der Waals surface area contributed by atoms with Gasteiger partial charge in [-0.1, -0.05) is 6.07 Å². The third kappa shape index (κ3) is 2.72. The number of anilines is 1. The molecule has 0 bridgehead atoms. The highest BCUT2D eigenvalue weighted by Gasteiger charge is 2.12. The van der Waals surface area contributed by atoms with Crippen molar-refractivity contribution in [3.8, 4) is 5.75 Å². The zero-order valence-electron chi connectivity index (χ0n) is 11.6. The van der Waals surface area contributed by atoms with Crippen molar-refractivity contribution in [2.75, 3.05) is 11.9 Å². The van der Waals surface area contributed by atoms with Gasteiger partial charge < -0.3 is 10.1 Å². The Morgan fingerprint density at radius 3 is 2.81 bits per heavy atom. The van der Waals surface area contributed by atoms with Crippen molar-refractivity contribution in [2.45, 2.75) is 6.92 Å². The Labute approximate surface area is 122 Å². The molecule has 0 unspecified atom stereocenters. The van der Waals surface area contributed by atoms with Gasteiger partial charge in [0, 0.05) is 11.9 Å². The molecule has 0 radical (unpaired) electrons. The predicted molar refractivity (Wildman–Crippen MR) is 80.8 cm³/mol. The normalized spacial score (nSPS) is 10.5. The first-order chi connectivity index (χ1) is 10.3. The molecule has 1 amide bonds. The molecule has 21 heavy (non-hydrogen) atoms. The Morgan fingerprint density at radius 2 is 2.05 bits per heavy atom. The lowest BCUT2D eigenvalue weighted by Gasteiger charge is -2.06. The van der Waals surface area contributed by atoms with Crippen LogP contribution in [0, 0.1) is 0 Å². The highest BCUT2D eigenvalue weighted by Crippen LogP contribution is 2.17. The van der Waals surface area contributed by atoms with Crippen molar-refractivity contribution in [2.24, 2.45) is 0 Å². The molecule has 0 aliphatic heterocycles. The number of aromatic nitrogens is 2. The molecule has 2 aromatic heterocycles. The summed E-state index contributed by atoms with van der Waals surface area (Å²) in [5.41, 5.74) is 2.05. The van der Waals surface area contributed by atoms with E-state index in [1.807, 2.05) is 55.6 Å². The van der Waals surface area contributed by atoms with Crippen LogP contribution in [-0.4, -0.2) is 22.1 Å². The van der Waals surface area contributed by atoms with Gasteiger partial charge in [-0.15, -0.1) is 0 Å². The average Bonchev–Trinajstić information content (AvgIpc) is 2.93. The van der Waals surface area contributed by atoms with E-state index in [9.17, 15) is 4.79 Å². The number of carbonyl (C=O) groups is 1. The van der Waals surface area contributed by atoms with Gasteiger partial charge in [0.15, 0.2) is 0 Å². The van der Waals surface area contributed by atoms with Crippen LogP contribution in [0.4, 0.5) is 5.69 Å². The van der Waals surface area contributed by atoms with E-state index in [0.717, 1.165) is 17.0 Å². The van der Waals surface area contributed by atoms with Crippen LogP contribution in [0.3, 0.4) is 0 Å².